The van der Waals surface area contributed by atoms with Gasteiger partial charge in [-0.25, -0.2) is 0 Å². The molecule has 0 bridgehead atoms. The van der Waals surface area contributed by atoms with Crippen molar-refractivity contribution in [3.05, 3.63) is 0 Å². The van der Waals surface area contributed by atoms with Gasteiger partial charge in [0.1, 0.15) is 0 Å². The summed E-state index contributed by atoms with van der Waals surface area (Å²) in [6, 6.07) is 0. The molecule has 0 aliphatic carbocycles. The Morgan fingerprint density at radius 3 is 2.75 bits per heavy atom. The average molecular weight is 190 g/mol. The van der Waals surface area contributed by atoms with Crippen LogP contribution in [0, 0.1) is 0 Å². The molecule has 1 fully saturated rings. The van der Waals surface area contributed by atoms with E-state index in [9.17, 15) is 0 Å². The lowest BCUT2D eigenvalue weighted by atomic mass is 10.2. The molecule has 1 saturated heterocycles. The summed E-state index contributed by atoms with van der Waals surface area (Å²) in [7, 11) is 0. The lowest BCUT2D eigenvalue weighted by molar-refractivity contribution is 0.0999. The summed E-state index contributed by atoms with van der Waals surface area (Å²) in [6.07, 6.45) is 3.28. The Hall–Kier alpha value is 0.270. The van der Waals surface area contributed by atoms with Crippen LogP contribution < -0.4 is 0 Å². The number of hydrogen-bond donors (Lipinski definition) is 1. The molecule has 72 valence electrons. The number of aliphatic hydroxyl groups is 1. The van der Waals surface area contributed by atoms with Crippen LogP contribution in [0.4, 0.5) is 0 Å². The molecule has 3 heteroatoms. The number of rotatable bonds is 4. The average Bonchev–Trinajstić information content (AvgIpc) is 2.06. The first-order chi connectivity index (χ1) is 5.83. The van der Waals surface area contributed by atoms with E-state index in [2.05, 4.69) is 6.92 Å². The fourth-order valence-corrected chi connectivity index (χ4v) is 2.75. The molecule has 0 aromatic carbocycles. The molecule has 1 aliphatic rings. The Bertz CT molecular complexity index is 113. The fourth-order valence-electron chi connectivity index (χ4n) is 1.39. The molecule has 2 nitrogen and oxygen atoms in total. The van der Waals surface area contributed by atoms with E-state index >= 15 is 0 Å². The van der Waals surface area contributed by atoms with Crippen LogP contribution >= 0.6 is 11.8 Å². The minimum atomic E-state index is 0.317. The highest BCUT2D eigenvalue weighted by atomic mass is 32.2. The van der Waals surface area contributed by atoms with Crippen LogP contribution in [-0.4, -0.2) is 35.4 Å². The molecule has 1 N–H and O–H groups in total. The second-order valence-corrected chi connectivity index (χ2v) is 5.01. The predicted octanol–water partition coefficient (Wildman–Crippen LogP) is 1.67. The fraction of sp³-hybridized carbons (Fsp3) is 1.00. The van der Waals surface area contributed by atoms with Crippen LogP contribution in [0.1, 0.15) is 26.2 Å². The maximum absolute atomic E-state index is 8.73. The molecule has 1 rings (SSSR count). The quantitative estimate of drug-likeness (QED) is 0.731. The van der Waals surface area contributed by atoms with Gasteiger partial charge < -0.3 is 9.84 Å². The molecule has 0 aromatic heterocycles. The van der Waals surface area contributed by atoms with Gasteiger partial charge in [-0.15, -0.1) is 0 Å². The van der Waals surface area contributed by atoms with Crippen LogP contribution in [0.5, 0.6) is 0 Å². The van der Waals surface area contributed by atoms with Gasteiger partial charge >= 0.3 is 0 Å². The first-order valence-corrected chi connectivity index (χ1v) is 5.61. The Kier molecular flexibility index (Phi) is 5.04. The molecule has 1 unspecified atom stereocenters. The van der Waals surface area contributed by atoms with Crippen molar-refractivity contribution in [2.24, 2.45) is 0 Å². The zero-order chi connectivity index (χ0) is 8.81. The molecule has 1 heterocycles. The van der Waals surface area contributed by atoms with Crippen molar-refractivity contribution < 1.29 is 9.84 Å². The van der Waals surface area contributed by atoms with Crippen LogP contribution in [0.3, 0.4) is 0 Å². The molecule has 0 aromatic rings. The van der Waals surface area contributed by atoms with E-state index < -0.39 is 0 Å². The van der Waals surface area contributed by atoms with Gasteiger partial charge in [-0.3, -0.25) is 0 Å². The molecule has 0 amide bonds. The van der Waals surface area contributed by atoms with E-state index in [-0.39, 0.29) is 0 Å². The van der Waals surface area contributed by atoms with Gasteiger partial charge in [0.15, 0.2) is 0 Å². The Morgan fingerprint density at radius 1 is 1.50 bits per heavy atom. The lowest BCUT2D eigenvalue weighted by Gasteiger charge is -2.24. The second kappa shape index (κ2) is 5.84. The van der Waals surface area contributed by atoms with Crippen LogP contribution in [0.2, 0.25) is 0 Å². The van der Waals surface area contributed by atoms with E-state index in [0.717, 1.165) is 24.9 Å². The molecular formula is C9H18O2S. The SMILES string of the molecule is CC(CCO)SC1CCOCC1. The normalized spacial score (nSPS) is 22.5. The van der Waals surface area contributed by atoms with E-state index in [1.54, 1.807) is 0 Å². The maximum atomic E-state index is 8.73. The van der Waals surface area contributed by atoms with Crippen molar-refractivity contribution in [2.75, 3.05) is 19.8 Å². The number of aliphatic hydroxyl groups excluding tert-OH is 1. The third-order valence-electron chi connectivity index (χ3n) is 2.13. The summed E-state index contributed by atoms with van der Waals surface area (Å²) < 4.78 is 5.28. The molecule has 0 spiro atoms. The van der Waals surface area contributed by atoms with Crippen molar-refractivity contribution >= 4 is 11.8 Å². The Balaban J connectivity index is 2.11. The van der Waals surface area contributed by atoms with Crippen molar-refractivity contribution in [3.8, 4) is 0 Å². The van der Waals surface area contributed by atoms with Crippen LogP contribution in [0.25, 0.3) is 0 Å². The van der Waals surface area contributed by atoms with E-state index in [0.29, 0.717) is 11.9 Å². The standard InChI is InChI=1S/C9H18O2S/c1-8(2-5-10)12-9-3-6-11-7-4-9/h8-10H,2-7H2,1H3. The topological polar surface area (TPSA) is 29.5 Å². The summed E-state index contributed by atoms with van der Waals surface area (Å²) in [6.45, 7) is 4.35. The Labute approximate surface area is 78.7 Å². The first-order valence-electron chi connectivity index (χ1n) is 4.67. The second-order valence-electron chi connectivity index (χ2n) is 3.27. The third kappa shape index (κ3) is 3.78. The molecular weight excluding hydrogens is 172 g/mol. The highest BCUT2D eigenvalue weighted by Crippen LogP contribution is 2.27. The van der Waals surface area contributed by atoms with E-state index in [1.165, 1.54) is 12.8 Å². The number of thioether (sulfide) groups is 1. The van der Waals surface area contributed by atoms with Crippen LogP contribution in [0.15, 0.2) is 0 Å². The smallest absolute Gasteiger partial charge is 0.0476 e. The number of hydrogen-bond acceptors (Lipinski definition) is 3. The first kappa shape index (κ1) is 10.4. The summed E-state index contributed by atoms with van der Waals surface area (Å²) in [5, 5.41) is 10.1. The van der Waals surface area contributed by atoms with Gasteiger partial charge in [-0.1, -0.05) is 6.92 Å². The molecule has 0 radical (unpaired) electrons. The summed E-state index contributed by atoms with van der Waals surface area (Å²) in [5.41, 5.74) is 0. The van der Waals surface area contributed by atoms with Crippen molar-refractivity contribution in [1.82, 2.24) is 0 Å². The van der Waals surface area contributed by atoms with Gasteiger partial charge in [-0.2, -0.15) is 11.8 Å². The van der Waals surface area contributed by atoms with Gasteiger partial charge in [0.25, 0.3) is 0 Å². The largest absolute Gasteiger partial charge is 0.396 e. The highest BCUT2D eigenvalue weighted by Gasteiger charge is 2.16. The zero-order valence-electron chi connectivity index (χ0n) is 7.66. The van der Waals surface area contributed by atoms with Gasteiger partial charge in [0.2, 0.25) is 0 Å². The van der Waals surface area contributed by atoms with Crippen molar-refractivity contribution in [1.29, 1.82) is 0 Å². The molecule has 0 saturated carbocycles. The monoisotopic (exact) mass is 190 g/mol. The van der Waals surface area contributed by atoms with Gasteiger partial charge in [0, 0.05) is 30.3 Å². The summed E-state index contributed by atoms with van der Waals surface area (Å²) in [5.74, 6) is 0. The van der Waals surface area contributed by atoms with Gasteiger partial charge in [-0.05, 0) is 19.3 Å². The molecule has 12 heavy (non-hydrogen) atoms. The van der Waals surface area contributed by atoms with Gasteiger partial charge in [0.05, 0.1) is 0 Å². The molecule has 1 aliphatic heterocycles. The predicted molar refractivity (Wildman–Crippen MR) is 52.6 cm³/mol. The zero-order valence-corrected chi connectivity index (χ0v) is 8.48. The lowest BCUT2D eigenvalue weighted by Crippen LogP contribution is -2.20. The van der Waals surface area contributed by atoms with Crippen LogP contribution in [-0.2, 0) is 4.74 Å². The summed E-state index contributed by atoms with van der Waals surface area (Å²) >= 11 is 2.01. The van der Waals surface area contributed by atoms with E-state index in [4.69, 9.17) is 9.84 Å². The maximum Gasteiger partial charge on any atom is 0.0476 e. The Morgan fingerprint density at radius 2 is 2.17 bits per heavy atom. The highest BCUT2D eigenvalue weighted by molar-refractivity contribution is 8.00. The van der Waals surface area contributed by atoms with E-state index in [1.807, 2.05) is 11.8 Å². The minimum absolute atomic E-state index is 0.317. The summed E-state index contributed by atoms with van der Waals surface area (Å²) in [4.78, 5) is 0. The third-order valence-corrected chi connectivity index (χ3v) is 3.69. The molecule has 1 atom stereocenters. The number of ether oxygens (including phenoxy) is 1. The minimum Gasteiger partial charge on any atom is -0.396 e. The van der Waals surface area contributed by atoms with Crippen molar-refractivity contribution in [3.63, 3.8) is 0 Å². The van der Waals surface area contributed by atoms with Crippen molar-refractivity contribution in [2.45, 2.75) is 36.7 Å².